The molecule has 0 aromatic heterocycles. The lowest BCUT2D eigenvalue weighted by Crippen LogP contribution is -2.68. The molecule has 1 unspecified atom stereocenters. The summed E-state index contributed by atoms with van der Waals surface area (Å²) in [6.45, 7) is 0. The molecular weight excluding hydrogens is 240 g/mol. The Bertz CT molecular complexity index is 371. The van der Waals surface area contributed by atoms with E-state index < -0.39 is 12.0 Å². The van der Waals surface area contributed by atoms with Crippen molar-refractivity contribution in [1.82, 2.24) is 4.90 Å². The number of thioether (sulfide) groups is 1. The number of carboxylic acids is 1. The van der Waals surface area contributed by atoms with Crippen molar-refractivity contribution >= 4 is 35.2 Å². The summed E-state index contributed by atoms with van der Waals surface area (Å²) in [4.78, 5) is 23.7. The van der Waals surface area contributed by atoms with E-state index in [1.807, 2.05) is 0 Å². The van der Waals surface area contributed by atoms with Crippen LogP contribution in [0.25, 0.3) is 0 Å². The monoisotopic (exact) mass is 248 g/mol. The third kappa shape index (κ3) is 1.44. The van der Waals surface area contributed by atoms with Gasteiger partial charge in [0.15, 0.2) is 0 Å². The minimum Gasteiger partial charge on any atom is -0.477 e. The molecule has 2 atom stereocenters. The van der Waals surface area contributed by atoms with Gasteiger partial charge >= 0.3 is 5.97 Å². The van der Waals surface area contributed by atoms with Crippen LogP contribution in [-0.2, 0) is 9.59 Å². The highest BCUT2D eigenvalue weighted by Gasteiger charge is 2.51. The van der Waals surface area contributed by atoms with E-state index in [9.17, 15) is 9.59 Å². The van der Waals surface area contributed by atoms with E-state index in [-0.39, 0.29) is 22.9 Å². The van der Waals surface area contributed by atoms with Crippen molar-refractivity contribution in [1.29, 1.82) is 0 Å². The Morgan fingerprint density at radius 2 is 2.40 bits per heavy atom. The summed E-state index contributed by atoms with van der Waals surface area (Å²) in [5, 5.41) is 8.77. The van der Waals surface area contributed by atoms with E-state index in [0.717, 1.165) is 0 Å². The molecule has 0 bridgehead atoms. The first-order valence-electron chi connectivity index (χ1n) is 4.29. The molecule has 0 aliphatic carbocycles. The number of β-lactam (4-membered cyclic amide) rings is 1. The molecule has 82 valence electrons. The highest BCUT2D eigenvalue weighted by molar-refractivity contribution is 8.00. The molecule has 0 spiro atoms. The second-order valence-electron chi connectivity index (χ2n) is 3.33. The third-order valence-corrected chi connectivity index (χ3v) is 4.14. The minimum atomic E-state index is -1.11. The second-order valence-corrected chi connectivity index (χ2v) is 4.70. The summed E-state index contributed by atoms with van der Waals surface area (Å²) in [6, 6.07) is -0.582. The minimum absolute atomic E-state index is 0.0143. The van der Waals surface area contributed by atoms with Crippen LogP contribution in [0.15, 0.2) is 11.3 Å². The van der Waals surface area contributed by atoms with Gasteiger partial charge in [-0.1, -0.05) is 0 Å². The van der Waals surface area contributed by atoms with Crippen LogP contribution >= 0.6 is 23.4 Å². The highest BCUT2D eigenvalue weighted by Crippen LogP contribution is 2.39. The second kappa shape index (κ2) is 3.70. The fraction of sp³-hybridized carbons (Fsp3) is 0.500. The van der Waals surface area contributed by atoms with Gasteiger partial charge in [-0.3, -0.25) is 9.69 Å². The Labute approximate surface area is 95.2 Å². The molecule has 3 N–H and O–H groups in total. The molecule has 1 amide bonds. The van der Waals surface area contributed by atoms with Gasteiger partial charge < -0.3 is 10.8 Å². The molecule has 2 aliphatic heterocycles. The molecule has 2 aliphatic rings. The van der Waals surface area contributed by atoms with Gasteiger partial charge in [0.2, 0.25) is 5.91 Å². The number of aliphatic carboxylic acids is 1. The number of carbonyl (C=O) groups excluding carboxylic acids is 1. The lowest BCUT2D eigenvalue weighted by atomic mass is 10.0. The number of hydrogen-bond acceptors (Lipinski definition) is 4. The molecule has 0 aromatic carbocycles. The third-order valence-electron chi connectivity index (χ3n) is 2.45. The predicted molar refractivity (Wildman–Crippen MR) is 56.4 cm³/mol. The van der Waals surface area contributed by atoms with Crippen molar-refractivity contribution in [2.45, 2.75) is 11.4 Å². The molecule has 1 saturated heterocycles. The number of alkyl halides is 1. The summed E-state index contributed by atoms with van der Waals surface area (Å²) < 4.78 is 0. The number of halogens is 1. The maximum absolute atomic E-state index is 11.4. The first kappa shape index (κ1) is 10.8. The van der Waals surface area contributed by atoms with Crippen LogP contribution in [0, 0.1) is 0 Å². The number of nitrogens with two attached hydrogens (primary N) is 1. The Morgan fingerprint density at radius 1 is 1.73 bits per heavy atom. The number of hydrogen-bond donors (Lipinski definition) is 2. The largest absolute Gasteiger partial charge is 0.477 e. The van der Waals surface area contributed by atoms with Crippen LogP contribution in [0.4, 0.5) is 0 Å². The average molecular weight is 249 g/mol. The van der Waals surface area contributed by atoms with Crippen LogP contribution in [0.2, 0.25) is 0 Å². The van der Waals surface area contributed by atoms with Gasteiger partial charge in [-0.2, -0.15) is 0 Å². The zero-order valence-electron chi connectivity index (χ0n) is 7.64. The van der Waals surface area contributed by atoms with Crippen molar-refractivity contribution < 1.29 is 14.7 Å². The fourth-order valence-corrected chi connectivity index (χ4v) is 3.31. The van der Waals surface area contributed by atoms with Gasteiger partial charge in [0.1, 0.15) is 17.1 Å². The Kier molecular flexibility index (Phi) is 2.66. The van der Waals surface area contributed by atoms with Crippen molar-refractivity contribution in [3.63, 3.8) is 0 Å². The molecule has 0 aromatic rings. The SMILES string of the molecule is NC1C(=O)N2C(C(=O)O)=C(CCl)CS[C@@H]12. The summed E-state index contributed by atoms with van der Waals surface area (Å²) >= 11 is 7.09. The normalized spacial score (nSPS) is 30.0. The first-order chi connectivity index (χ1) is 7.07. The molecule has 1 fully saturated rings. The topological polar surface area (TPSA) is 83.6 Å². The van der Waals surface area contributed by atoms with Crippen LogP contribution in [0.1, 0.15) is 0 Å². The van der Waals surface area contributed by atoms with Gasteiger partial charge in [0, 0.05) is 11.6 Å². The van der Waals surface area contributed by atoms with Gasteiger partial charge in [-0.15, -0.1) is 23.4 Å². The average Bonchev–Trinajstić information content (AvgIpc) is 2.25. The molecule has 2 heterocycles. The maximum Gasteiger partial charge on any atom is 0.352 e. The smallest absolute Gasteiger partial charge is 0.352 e. The quantitative estimate of drug-likeness (QED) is 0.523. The van der Waals surface area contributed by atoms with E-state index in [4.69, 9.17) is 22.4 Å². The summed E-state index contributed by atoms with van der Waals surface area (Å²) in [7, 11) is 0. The first-order valence-corrected chi connectivity index (χ1v) is 5.87. The molecule has 15 heavy (non-hydrogen) atoms. The standard InChI is InChI=1S/C8H9ClN2O3S/c9-1-3-2-15-7-4(10)6(12)11(7)5(3)8(13)14/h4,7H,1-2,10H2,(H,13,14)/t4?,7-/m0/s1. The van der Waals surface area contributed by atoms with E-state index in [0.29, 0.717) is 11.3 Å². The fourth-order valence-electron chi connectivity index (χ4n) is 1.68. The Hall–Kier alpha value is -0.720. The number of rotatable bonds is 2. The zero-order chi connectivity index (χ0) is 11.2. The summed E-state index contributed by atoms with van der Waals surface area (Å²) in [6.07, 6.45) is 0. The molecule has 0 radical (unpaired) electrons. The lowest BCUT2D eigenvalue weighted by molar-refractivity contribution is -0.147. The van der Waals surface area contributed by atoms with Gasteiger partial charge in [-0.05, 0) is 5.57 Å². The zero-order valence-corrected chi connectivity index (χ0v) is 9.22. The van der Waals surface area contributed by atoms with E-state index in [1.165, 1.54) is 16.7 Å². The molecule has 2 rings (SSSR count). The van der Waals surface area contributed by atoms with E-state index in [1.54, 1.807) is 0 Å². The van der Waals surface area contributed by atoms with Crippen LogP contribution in [0.5, 0.6) is 0 Å². The molecule has 7 heteroatoms. The molecule has 0 saturated carbocycles. The number of nitrogens with zero attached hydrogens (tertiary/aromatic N) is 1. The van der Waals surface area contributed by atoms with Gasteiger partial charge in [0.05, 0.1) is 0 Å². The van der Waals surface area contributed by atoms with Crippen molar-refractivity contribution in [3.05, 3.63) is 11.3 Å². The summed E-state index contributed by atoms with van der Waals surface area (Å²) in [5.74, 6) is -0.809. The van der Waals surface area contributed by atoms with E-state index >= 15 is 0 Å². The maximum atomic E-state index is 11.4. The number of amides is 1. The lowest BCUT2D eigenvalue weighted by Gasteiger charge is -2.47. The van der Waals surface area contributed by atoms with Gasteiger partial charge in [0.25, 0.3) is 0 Å². The molecule has 5 nitrogen and oxygen atoms in total. The van der Waals surface area contributed by atoms with Crippen LogP contribution < -0.4 is 5.73 Å². The Balaban J connectivity index is 2.38. The van der Waals surface area contributed by atoms with Crippen LogP contribution in [-0.4, -0.2) is 44.9 Å². The van der Waals surface area contributed by atoms with Crippen LogP contribution in [0.3, 0.4) is 0 Å². The van der Waals surface area contributed by atoms with Crippen molar-refractivity contribution in [2.75, 3.05) is 11.6 Å². The molecular formula is C8H9ClN2O3S. The van der Waals surface area contributed by atoms with Crippen molar-refractivity contribution in [2.24, 2.45) is 5.73 Å². The summed E-state index contributed by atoms with van der Waals surface area (Å²) in [5.41, 5.74) is 6.15. The van der Waals surface area contributed by atoms with Gasteiger partial charge in [-0.25, -0.2) is 4.79 Å². The number of carbonyl (C=O) groups is 2. The number of carboxylic acid groups (broad SMARTS) is 1. The predicted octanol–water partition coefficient (Wildman–Crippen LogP) is -0.194. The van der Waals surface area contributed by atoms with E-state index in [2.05, 4.69) is 0 Å². The number of fused-ring (bicyclic) bond motifs is 1. The van der Waals surface area contributed by atoms with Crippen molar-refractivity contribution in [3.8, 4) is 0 Å². The highest BCUT2D eigenvalue weighted by atomic mass is 35.5. The Morgan fingerprint density at radius 3 is 2.93 bits per heavy atom.